The van der Waals surface area contributed by atoms with Crippen LogP contribution in [0.15, 0.2) is 46.4 Å². The number of nitrogens with zero attached hydrogens (tertiary/aromatic N) is 1. The van der Waals surface area contributed by atoms with E-state index in [0.29, 0.717) is 27.2 Å². The first kappa shape index (κ1) is 20.0. The lowest BCUT2D eigenvalue weighted by Gasteiger charge is -2.12. The summed E-state index contributed by atoms with van der Waals surface area (Å²) in [4.78, 5) is 12.3. The molecule has 0 bridgehead atoms. The Morgan fingerprint density at radius 1 is 1.37 bits per heavy atom. The van der Waals surface area contributed by atoms with E-state index in [4.69, 9.17) is 15.9 Å². The summed E-state index contributed by atoms with van der Waals surface area (Å²) in [6, 6.07) is 10.3. The summed E-state index contributed by atoms with van der Waals surface area (Å²) in [6.07, 6.45) is 6.59. The van der Waals surface area contributed by atoms with Gasteiger partial charge in [-0.15, -0.1) is 6.42 Å². The molecule has 1 amide bonds. The number of carbonyl (C=O) groups is 1. The minimum Gasteiger partial charge on any atom is -0.493 e. The number of carbonyl (C=O) groups excluding carboxylic acids is 1. The highest BCUT2D eigenvalue weighted by molar-refractivity contribution is 9.10. The van der Waals surface area contributed by atoms with Crippen molar-refractivity contribution in [2.24, 2.45) is 0 Å². The van der Waals surface area contributed by atoms with E-state index < -0.39 is 11.7 Å². The van der Waals surface area contributed by atoms with E-state index in [9.17, 15) is 14.4 Å². The third-order valence-corrected chi connectivity index (χ3v) is 3.92. The number of ether oxygens (including phenoxy) is 2. The maximum absolute atomic E-state index is 12.9. The Morgan fingerprint density at radius 2 is 2.07 bits per heavy atom. The predicted octanol–water partition coefficient (Wildman–Crippen LogP) is 4.15. The molecule has 0 aromatic heterocycles. The molecule has 0 aliphatic heterocycles. The Kier molecular flexibility index (Phi) is 6.99. The van der Waals surface area contributed by atoms with Gasteiger partial charge in [-0.3, -0.25) is 4.79 Å². The first-order valence-electron chi connectivity index (χ1n) is 7.61. The molecule has 0 saturated carbocycles. The second-order valence-electron chi connectivity index (χ2n) is 5.16. The van der Waals surface area contributed by atoms with E-state index in [0.717, 1.165) is 0 Å². The van der Waals surface area contributed by atoms with Crippen molar-refractivity contribution in [3.05, 3.63) is 57.8 Å². The molecule has 2 rings (SSSR count). The van der Waals surface area contributed by atoms with Gasteiger partial charge < -0.3 is 14.8 Å². The number of methoxy groups -OCH3 is 1. The Bertz CT molecular complexity index is 957. The molecular formula is C20H14BrFN2O3. The van der Waals surface area contributed by atoms with Crippen LogP contribution >= 0.6 is 15.9 Å². The highest BCUT2D eigenvalue weighted by Crippen LogP contribution is 2.37. The number of anilines is 1. The van der Waals surface area contributed by atoms with Crippen LogP contribution in [0.3, 0.4) is 0 Å². The molecule has 0 aliphatic carbocycles. The van der Waals surface area contributed by atoms with Gasteiger partial charge >= 0.3 is 0 Å². The molecule has 0 spiro atoms. The summed E-state index contributed by atoms with van der Waals surface area (Å²) >= 11 is 3.36. The van der Waals surface area contributed by atoms with Crippen molar-refractivity contribution in [1.82, 2.24) is 0 Å². The fourth-order valence-electron chi connectivity index (χ4n) is 2.12. The lowest BCUT2D eigenvalue weighted by molar-refractivity contribution is -0.112. The topological polar surface area (TPSA) is 71.3 Å². The standard InChI is InChI=1S/C20H14BrFN2O3/c1-3-8-27-19-17(21)10-13(11-18(19)26-2)9-14(12-23)20(25)24-16-6-4-15(22)5-7-16/h1,4-7,9-11H,8H2,2H3,(H,24,25)/b14-9+. The Labute approximate surface area is 164 Å². The van der Waals surface area contributed by atoms with E-state index in [1.165, 1.54) is 37.5 Å². The normalized spacial score (nSPS) is 10.5. The SMILES string of the molecule is C#CCOc1c(Br)cc(/C=C(\C#N)C(=O)Nc2ccc(F)cc2)cc1OC. The van der Waals surface area contributed by atoms with Crippen molar-refractivity contribution in [2.75, 3.05) is 19.0 Å². The summed E-state index contributed by atoms with van der Waals surface area (Å²) in [5.74, 6) is 2.13. The fraction of sp³-hybridized carbons (Fsp3) is 0.100. The summed E-state index contributed by atoms with van der Waals surface area (Å²) in [5.41, 5.74) is 0.780. The Morgan fingerprint density at radius 3 is 2.67 bits per heavy atom. The molecule has 0 radical (unpaired) electrons. The largest absolute Gasteiger partial charge is 0.493 e. The zero-order valence-corrected chi connectivity index (χ0v) is 15.8. The van der Waals surface area contributed by atoms with Gasteiger partial charge in [-0.2, -0.15) is 5.26 Å². The maximum Gasteiger partial charge on any atom is 0.266 e. The van der Waals surface area contributed by atoms with Gasteiger partial charge in [0.05, 0.1) is 11.6 Å². The number of nitriles is 1. The lowest BCUT2D eigenvalue weighted by atomic mass is 10.1. The van der Waals surface area contributed by atoms with Gasteiger partial charge in [-0.05, 0) is 64.0 Å². The van der Waals surface area contributed by atoms with E-state index >= 15 is 0 Å². The third-order valence-electron chi connectivity index (χ3n) is 3.33. The molecule has 0 heterocycles. The van der Waals surface area contributed by atoms with Crippen LogP contribution in [0.5, 0.6) is 11.5 Å². The average molecular weight is 429 g/mol. The molecule has 0 unspecified atom stereocenters. The monoisotopic (exact) mass is 428 g/mol. The number of rotatable bonds is 6. The van der Waals surface area contributed by atoms with E-state index in [1.807, 2.05) is 6.07 Å². The molecule has 136 valence electrons. The van der Waals surface area contributed by atoms with E-state index in [1.54, 1.807) is 12.1 Å². The van der Waals surface area contributed by atoms with Crippen molar-refractivity contribution < 1.29 is 18.7 Å². The predicted molar refractivity (Wildman–Crippen MR) is 104 cm³/mol. The van der Waals surface area contributed by atoms with Gasteiger partial charge in [0.25, 0.3) is 5.91 Å². The van der Waals surface area contributed by atoms with Crippen LogP contribution in [0.2, 0.25) is 0 Å². The summed E-state index contributed by atoms with van der Waals surface area (Å²) in [7, 11) is 1.46. The summed E-state index contributed by atoms with van der Waals surface area (Å²) in [5, 5.41) is 11.9. The van der Waals surface area contributed by atoms with Crippen LogP contribution in [-0.4, -0.2) is 19.6 Å². The molecule has 0 fully saturated rings. The Hall–Kier alpha value is -3.29. The van der Waals surface area contributed by atoms with Gasteiger partial charge in [-0.25, -0.2) is 4.39 Å². The first-order valence-corrected chi connectivity index (χ1v) is 8.40. The molecule has 1 N–H and O–H groups in total. The van der Waals surface area contributed by atoms with Crippen LogP contribution in [0.1, 0.15) is 5.56 Å². The van der Waals surface area contributed by atoms with Crippen LogP contribution in [0.4, 0.5) is 10.1 Å². The number of benzene rings is 2. The fourth-order valence-corrected chi connectivity index (χ4v) is 2.70. The van der Waals surface area contributed by atoms with Crippen molar-refractivity contribution in [1.29, 1.82) is 5.26 Å². The van der Waals surface area contributed by atoms with Crippen molar-refractivity contribution in [3.8, 4) is 29.9 Å². The van der Waals surface area contributed by atoms with Gasteiger partial charge in [0.2, 0.25) is 0 Å². The highest BCUT2D eigenvalue weighted by atomic mass is 79.9. The van der Waals surface area contributed by atoms with Crippen LogP contribution in [-0.2, 0) is 4.79 Å². The minimum absolute atomic E-state index is 0.0632. The van der Waals surface area contributed by atoms with Gasteiger partial charge in [0.15, 0.2) is 11.5 Å². The van der Waals surface area contributed by atoms with Crippen molar-refractivity contribution in [2.45, 2.75) is 0 Å². The van der Waals surface area contributed by atoms with Gasteiger partial charge in [0, 0.05) is 5.69 Å². The molecule has 2 aromatic rings. The second kappa shape index (κ2) is 9.42. The minimum atomic E-state index is -0.619. The summed E-state index contributed by atoms with van der Waals surface area (Å²) in [6.45, 7) is 0.0632. The lowest BCUT2D eigenvalue weighted by Crippen LogP contribution is -2.13. The molecule has 0 saturated heterocycles. The van der Waals surface area contributed by atoms with Crippen LogP contribution < -0.4 is 14.8 Å². The molecule has 7 heteroatoms. The molecule has 5 nitrogen and oxygen atoms in total. The number of amides is 1. The average Bonchev–Trinajstić information content (AvgIpc) is 2.66. The number of hydrogen-bond donors (Lipinski definition) is 1. The second-order valence-corrected chi connectivity index (χ2v) is 6.01. The van der Waals surface area contributed by atoms with E-state index in [-0.39, 0.29) is 12.2 Å². The zero-order chi connectivity index (χ0) is 19.8. The molecule has 27 heavy (non-hydrogen) atoms. The number of halogens is 2. The van der Waals surface area contributed by atoms with Crippen LogP contribution in [0.25, 0.3) is 6.08 Å². The smallest absolute Gasteiger partial charge is 0.266 e. The van der Waals surface area contributed by atoms with Gasteiger partial charge in [0.1, 0.15) is 24.1 Å². The molecule has 0 aliphatic rings. The zero-order valence-electron chi connectivity index (χ0n) is 14.3. The maximum atomic E-state index is 12.9. The summed E-state index contributed by atoms with van der Waals surface area (Å²) < 4.78 is 24.2. The first-order chi connectivity index (χ1) is 13.0. The molecular weight excluding hydrogens is 415 g/mol. The Balaban J connectivity index is 2.29. The van der Waals surface area contributed by atoms with Crippen LogP contribution in [0, 0.1) is 29.5 Å². The number of terminal acetylenes is 1. The van der Waals surface area contributed by atoms with Gasteiger partial charge in [-0.1, -0.05) is 5.92 Å². The number of hydrogen-bond acceptors (Lipinski definition) is 4. The molecule has 2 aromatic carbocycles. The highest BCUT2D eigenvalue weighted by Gasteiger charge is 2.14. The van der Waals surface area contributed by atoms with Crippen molar-refractivity contribution in [3.63, 3.8) is 0 Å². The quantitative estimate of drug-likeness (QED) is 0.426. The van der Waals surface area contributed by atoms with E-state index in [2.05, 4.69) is 27.2 Å². The van der Waals surface area contributed by atoms with Crippen molar-refractivity contribution >= 4 is 33.6 Å². The third kappa shape index (κ3) is 5.34. The number of nitrogens with one attached hydrogen (secondary N) is 1. The molecule has 0 atom stereocenters.